The topological polar surface area (TPSA) is 151 Å². The van der Waals surface area contributed by atoms with Crippen LogP contribution in [0.2, 0.25) is 0 Å². The summed E-state index contributed by atoms with van der Waals surface area (Å²) >= 11 is 0. The van der Waals surface area contributed by atoms with E-state index in [9.17, 15) is 24.0 Å². The number of hydrogen-bond donors (Lipinski definition) is 4. The van der Waals surface area contributed by atoms with Crippen LogP contribution in [0.5, 0.6) is 0 Å². The molecule has 244 valence electrons. The van der Waals surface area contributed by atoms with Crippen molar-refractivity contribution in [3.8, 4) is 0 Å². The summed E-state index contributed by atoms with van der Waals surface area (Å²) in [6.45, 7) is 6.24. The Kier molecular flexibility index (Phi) is 14.2. The van der Waals surface area contributed by atoms with Gasteiger partial charge in [-0.15, -0.1) is 0 Å². The van der Waals surface area contributed by atoms with Gasteiger partial charge in [0.25, 0.3) is 0 Å². The Hall–Kier alpha value is -4.05. The lowest BCUT2D eigenvalue weighted by Crippen LogP contribution is -2.56. The first-order valence-electron chi connectivity index (χ1n) is 16.1. The number of Topliss-reactive ketones (excluding diaryl/α,β-unsaturated/α-hetero) is 1. The number of ketones is 1. The standard InChI is InChI=1S/C35H49N5O5/c1-24(2)21-30(39-32(42)27(22-25(3)41)23-26-13-6-4-7-14-26)35(45)40-20-12-18-31(40)34(44)38-29(17-10-11-19-36)33(43)37-28-15-8-5-9-16-28/h4-9,13-16,24,27,29-31H,10-12,17-23,36H2,1-3H3,(H,37,43)(H,38,44)(H,39,42)/t27-,29-,30-,31-/m0/s1. The molecule has 0 bridgehead atoms. The molecular weight excluding hydrogens is 570 g/mol. The molecule has 0 aromatic heterocycles. The van der Waals surface area contributed by atoms with Crippen LogP contribution in [0.25, 0.3) is 0 Å². The van der Waals surface area contributed by atoms with E-state index < -0.39 is 30.0 Å². The second-order valence-electron chi connectivity index (χ2n) is 12.4. The van der Waals surface area contributed by atoms with E-state index in [1.807, 2.05) is 62.4 Å². The van der Waals surface area contributed by atoms with Crippen LogP contribution in [0, 0.1) is 11.8 Å². The zero-order chi connectivity index (χ0) is 32.8. The highest BCUT2D eigenvalue weighted by atomic mass is 16.2. The molecule has 0 radical (unpaired) electrons. The molecule has 0 unspecified atom stereocenters. The number of para-hydroxylation sites is 1. The number of amides is 4. The largest absolute Gasteiger partial charge is 0.344 e. The summed E-state index contributed by atoms with van der Waals surface area (Å²) in [5, 5.41) is 8.71. The van der Waals surface area contributed by atoms with Gasteiger partial charge in [0.05, 0.1) is 0 Å². The van der Waals surface area contributed by atoms with E-state index in [1.54, 1.807) is 12.1 Å². The monoisotopic (exact) mass is 619 g/mol. The molecule has 2 aromatic rings. The Morgan fingerprint density at radius 2 is 1.56 bits per heavy atom. The summed E-state index contributed by atoms with van der Waals surface area (Å²) in [5.74, 6) is -2.05. The zero-order valence-electron chi connectivity index (χ0n) is 26.8. The van der Waals surface area contributed by atoms with Crippen molar-refractivity contribution in [2.45, 2.75) is 90.3 Å². The van der Waals surface area contributed by atoms with E-state index in [-0.39, 0.29) is 35.8 Å². The zero-order valence-corrected chi connectivity index (χ0v) is 26.8. The van der Waals surface area contributed by atoms with Crippen molar-refractivity contribution >= 4 is 35.1 Å². The third kappa shape index (κ3) is 11.4. The number of anilines is 1. The quantitative estimate of drug-likeness (QED) is 0.199. The minimum atomic E-state index is -0.849. The molecule has 3 rings (SSSR count). The third-order valence-corrected chi connectivity index (χ3v) is 8.01. The second kappa shape index (κ2) is 18.0. The maximum absolute atomic E-state index is 14.0. The number of nitrogens with two attached hydrogens (primary N) is 1. The molecule has 5 N–H and O–H groups in total. The summed E-state index contributed by atoms with van der Waals surface area (Å²) in [5.41, 5.74) is 7.22. The number of nitrogens with zero attached hydrogens (tertiary/aromatic N) is 1. The third-order valence-electron chi connectivity index (χ3n) is 8.01. The van der Waals surface area contributed by atoms with Gasteiger partial charge in [-0.25, -0.2) is 0 Å². The van der Waals surface area contributed by atoms with Gasteiger partial charge < -0.3 is 31.4 Å². The number of unbranched alkanes of at least 4 members (excludes halogenated alkanes) is 1. The normalized spacial score (nSPS) is 16.5. The highest BCUT2D eigenvalue weighted by Crippen LogP contribution is 2.22. The molecule has 45 heavy (non-hydrogen) atoms. The van der Waals surface area contributed by atoms with Gasteiger partial charge in [-0.3, -0.25) is 19.2 Å². The first kappa shape index (κ1) is 35.4. The van der Waals surface area contributed by atoms with Crippen molar-refractivity contribution in [2.24, 2.45) is 17.6 Å². The Morgan fingerprint density at radius 1 is 0.889 bits per heavy atom. The minimum Gasteiger partial charge on any atom is -0.344 e. The Bertz CT molecular complexity index is 1270. The Morgan fingerprint density at radius 3 is 2.18 bits per heavy atom. The fourth-order valence-corrected chi connectivity index (χ4v) is 5.77. The van der Waals surface area contributed by atoms with Crippen LogP contribution in [0.15, 0.2) is 60.7 Å². The lowest BCUT2D eigenvalue weighted by Gasteiger charge is -2.31. The number of likely N-dealkylation sites (tertiary alicyclic amines) is 1. The van der Waals surface area contributed by atoms with Crippen molar-refractivity contribution in [2.75, 3.05) is 18.4 Å². The molecule has 1 fully saturated rings. The molecule has 0 spiro atoms. The van der Waals surface area contributed by atoms with Gasteiger partial charge in [0.2, 0.25) is 23.6 Å². The Labute approximate surface area is 266 Å². The number of benzene rings is 2. The molecule has 10 nitrogen and oxygen atoms in total. The number of nitrogens with one attached hydrogen (secondary N) is 3. The van der Waals surface area contributed by atoms with E-state index in [4.69, 9.17) is 5.73 Å². The van der Waals surface area contributed by atoms with Crippen LogP contribution in [0.4, 0.5) is 5.69 Å². The number of rotatable bonds is 17. The van der Waals surface area contributed by atoms with E-state index >= 15 is 0 Å². The van der Waals surface area contributed by atoms with Crippen molar-refractivity contribution in [1.29, 1.82) is 0 Å². The molecular formula is C35H49N5O5. The fourth-order valence-electron chi connectivity index (χ4n) is 5.77. The summed E-state index contributed by atoms with van der Waals surface area (Å²) in [6, 6.07) is 16.1. The molecule has 1 saturated heterocycles. The summed E-state index contributed by atoms with van der Waals surface area (Å²) in [4.78, 5) is 67.9. The van der Waals surface area contributed by atoms with Crippen LogP contribution < -0.4 is 21.7 Å². The molecule has 0 aliphatic carbocycles. The summed E-state index contributed by atoms with van der Waals surface area (Å²) in [6.07, 6.45) is 3.68. The average molecular weight is 620 g/mol. The number of carbonyl (C=O) groups excluding carboxylic acids is 5. The molecule has 4 amide bonds. The van der Waals surface area contributed by atoms with Crippen molar-refractivity contribution in [1.82, 2.24) is 15.5 Å². The molecule has 4 atom stereocenters. The molecule has 0 saturated carbocycles. The minimum absolute atomic E-state index is 0.0641. The van der Waals surface area contributed by atoms with Crippen LogP contribution in [0.1, 0.15) is 71.3 Å². The first-order chi connectivity index (χ1) is 21.6. The molecule has 1 aliphatic rings. The number of carbonyl (C=O) groups is 5. The predicted octanol–water partition coefficient (Wildman–Crippen LogP) is 3.60. The molecule has 2 aromatic carbocycles. The van der Waals surface area contributed by atoms with E-state index in [0.717, 1.165) is 5.56 Å². The summed E-state index contributed by atoms with van der Waals surface area (Å²) in [7, 11) is 0. The molecule has 1 heterocycles. The Balaban J connectivity index is 1.74. The van der Waals surface area contributed by atoms with Gasteiger partial charge in [0.15, 0.2) is 0 Å². The van der Waals surface area contributed by atoms with Crippen LogP contribution in [-0.4, -0.2) is 65.5 Å². The average Bonchev–Trinajstić information content (AvgIpc) is 3.50. The number of hydrogen-bond acceptors (Lipinski definition) is 6. The summed E-state index contributed by atoms with van der Waals surface area (Å²) < 4.78 is 0. The van der Waals surface area contributed by atoms with Crippen molar-refractivity contribution in [3.05, 3.63) is 66.2 Å². The van der Waals surface area contributed by atoms with Gasteiger partial charge in [-0.05, 0) is 82.0 Å². The van der Waals surface area contributed by atoms with E-state index in [0.29, 0.717) is 63.7 Å². The maximum atomic E-state index is 14.0. The van der Waals surface area contributed by atoms with Gasteiger partial charge >= 0.3 is 0 Å². The van der Waals surface area contributed by atoms with Gasteiger partial charge in [0, 0.05) is 24.6 Å². The smallest absolute Gasteiger partial charge is 0.246 e. The van der Waals surface area contributed by atoms with Crippen LogP contribution in [0.3, 0.4) is 0 Å². The van der Waals surface area contributed by atoms with Gasteiger partial charge in [0.1, 0.15) is 23.9 Å². The van der Waals surface area contributed by atoms with Gasteiger partial charge in [-0.1, -0.05) is 62.4 Å². The molecule has 10 heteroatoms. The SMILES string of the molecule is CC(=O)C[C@@H](Cc1ccccc1)C(=O)N[C@@H](CC(C)C)C(=O)N1CCC[C@H]1C(=O)N[C@@H](CCCCN)C(=O)Nc1ccccc1. The second-order valence-corrected chi connectivity index (χ2v) is 12.4. The molecule has 1 aliphatic heterocycles. The van der Waals surface area contributed by atoms with Crippen LogP contribution in [-0.2, 0) is 30.4 Å². The highest BCUT2D eigenvalue weighted by Gasteiger charge is 2.39. The van der Waals surface area contributed by atoms with Gasteiger partial charge in [-0.2, -0.15) is 0 Å². The highest BCUT2D eigenvalue weighted by molar-refractivity contribution is 5.99. The van der Waals surface area contributed by atoms with E-state index in [1.165, 1.54) is 11.8 Å². The fraction of sp³-hybridized carbons (Fsp3) is 0.514. The van der Waals surface area contributed by atoms with E-state index in [2.05, 4.69) is 16.0 Å². The van der Waals surface area contributed by atoms with Crippen molar-refractivity contribution in [3.63, 3.8) is 0 Å². The van der Waals surface area contributed by atoms with Crippen molar-refractivity contribution < 1.29 is 24.0 Å². The lowest BCUT2D eigenvalue weighted by molar-refractivity contribution is -0.143. The lowest BCUT2D eigenvalue weighted by atomic mass is 9.92. The predicted molar refractivity (Wildman–Crippen MR) is 175 cm³/mol. The first-order valence-corrected chi connectivity index (χ1v) is 16.1. The van der Waals surface area contributed by atoms with Crippen LogP contribution >= 0.6 is 0 Å². The maximum Gasteiger partial charge on any atom is 0.246 e.